The molecule has 2 aromatic rings. The van der Waals surface area contributed by atoms with Crippen molar-refractivity contribution in [1.82, 2.24) is 9.97 Å². The molecule has 2 heterocycles. The average Bonchev–Trinajstić information content (AvgIpc) is 2.74. The first kappa shape index (κ1) is 14.0. The molecule has 0 spiro atoms. The summed E-state index contributed by atoms with van der Waals surface area (Å²) in [6.45, 7) is 5.98. The molecule has 0 aliphatic carbocycles. The van der Waals surface area contributed by atoms with Crippen molar-refractivity contribution in [2.75, 3.05) is 0 Å². The normalized spacial score (nSPS) is 12.7. The van der Waals surface area contributed by atoms with E-state index in [2.05, 4.69) is 15.3 Å². The number of rotatable bonds is 5. The summed E-state index contributed by atoms with van der Waals surface area (Å²) in [5.74, 6) is 0.761. The first-order chi connectivity index (χ1) is 9.04. The third-order valence-corrected chi connectivity index (χ3v) is 3.45. The van der Waals surface area contributed by atoms with E-state index in [0.29, 0.717) is 0 Å². The van der Waals surface area contributed by atoms with E-state index in [1.54, 1.807) is 23.7 Å². The SMILES string of the molecule is Cc1nc(CC(N)c2cncc(OC(C)C)c2)cs1. The number of thiazole rings is 1. The summed E-state index contributed by atoms with van der Waals surface area (Å²) in [6, 6.07) is 1.85. The zero-order valence-corrected chi connectivity index (χ0v) is 12.3. The molecular formula is C14H19N3OS. The van der Waals surface area contributed by atoms with Gasteiger partial charge in [-0.1, -0.05) is 0 Å². The molecule has 0 fully saturated rings. The quantitative estimate of drug-likeness (QED) is 0.913. The standard InChI is InChI=1S/C14H19N3OS/c1-9(2)18-13-4-11(6-16-7-13)14(15)5-12-8-19-10(3)17-12/h4,6-9,14H,5,15H2,1-3H3. The maximum atomic E-state index is 6.21. The van der Waals surface area contributed by atoms with Crippen LogP contribution in [0.3, 0.4) is 0 Å². The Labute approximate surface area is 117 Å². The summed E-state index contributed by atoms with van der Waals surface area (Å²) in [4.78, 5) is 8.62. The summed E-state index contributed by atoms with van der Waals surface area (Å²) < 4.78 is 5.63. The summed E-state index contributed by atoms with van der Waals surface area (Å²) in [5.41, 5.74) is 8.21. The summed E-state index contributed by atoms with van der Waals surface area (Å²) in [5, 5.41) is 3.12. The van der Waals surface area contributed by atoms with Crippen LogP contribution < -0.4 is 10.5 Å². The Kier molecular flexibility index (Phi) is 4.50. The molecule has 0 saturated carbocycles. The number of nitrogens with zero attached hydrogens (tertiary/aromatic N) is 2. The Morgan fingerprint density at radius 2 is 2.16 bits per heavy atom. The van der Waals surface area contributed by atoms with Crippen LogP contribution in [0.5, 0.6) is 5.75 Å². The minimum atomic E-state index is -0.107. The second kappa shape index (κ2) is 6.12. The smallest absolute Gasteiger partial charge is 0.138 e. The highest BCUT2D eigenvalue weighted by Crippen LogP contribution is 2.21. The second-order valence-corrected chi connectivity index (χ2v) is 5.85. The van der Waals surface area contributed by atoms with E-state index in [1.165, 1.54) is 0 Å². The maximum absolute atomic E-state index is 6.21. The highest BCUT2D eigenvalue weighted by molar-refractivity contribution is 7.09. The summed E-state index contributed by atoms with van der Waals surface area (Å²) >= 11 is 1.65. The first-order valence-corrected chi connectivity index (χ1v) is 7.20. The first-order valence-electron chi connectivity index (χ1n) is 6.33. The number of aryl methyl sites for hydroxylation is 1. The van der Waals surface area contributed by atoms with Gasteiger partial charge in [-0.05, 0) is 32.4 Å². The number of aromatic nitrogens is 2. The van der Waals surface area contributed by atoms with Gasteiger partial charge in [0.2, 0.25) is 0 Å². The Morgan fingerprint density at radius 3 is 2.79 bits per heavy atom. The molecule has 19 heavy (non-hydrogen) atoms. The molecule has 0 aromatic carbocycles. The van der Waals surface area contributed by atoms with Crippen LogP contribution >= 0.6 is 11.3 Å². The fourth-order valence-electron chi connectivity index (χ4n) is 1.82. The molecule has 0 aliphatic heterocycles. The molecule has 2 aromatic heterocycles. The molecule has 2 N–H and O–H groups in total. The topological polar surface area (TPSA) is 61.0 Å². The molecule has 0 amide bonds. The Bertz CT molecular complexity index is 539. The lowest BCUT2D eigenvalue weighted by Gasteiger charge is -2.13. The predicted octanol–water partition coefficient (Wildman–Crippen LogP) is 2.88. The molecule has 5 heteroatoms. The third kappa shape index (κ3) is 4.01. The van der Waals surface area contributed by atoms with Gasteiger partial charge in [-0.15, -0.1) is 11.3 Å². The number of hydrogen-bond acceptors (Lipinski definition) is 5. The van der Waals surface area contributed by atoms with Crippen LogP contribution in [0.15, 0.2) is 23.8 Å². The van der Waals surface area contributed by atoms with Gasteiger partial charge in [0.1, 0.15) is 5.75 Å². The molecule has 1 atom stereocenters. The summed E-state index contributed by atoms with van der Waals surface area (Å²) in [6.07, 6.45) is 4.35. The van der Waals surface area contributed by atoms with Gasteiger partial charge in [-0.3, -0.25) is 4.98 Å². The van der Waals surface area contributed by atoms with Gasteiger partial charge >= 0.3 is 0 Å². The second-order valence-electron chi connectivity index (χ2n) is 4.79. The average molecular weight is 277 g/mol. The lowest BCUT2D eigenvalue weighted by atomic mass is 10.1. The number of pyridine rings is 1. The molecule has 4 nitrogen and oxygen atoms in total. The van der Waals surface area contributed by atoms with Crippen LogP contribution in [-0.4, -0.2) is 16.1 Å². The van der Waals surface area contributed by atoms with Crippen molar-refractivity contribution in [3.05, 3.63) is 40.1 Å². The number of hydrogen-bond donors (Lipinski definition) is 1. The third-order valence-electron chi connectivity index (χ3n) is 2.63. The van der Waals surface area contributed by atoms with E-state index in [9.17, 15) is 0 Å². The van der Waals surface area contributed by atoms with E-state index >= 15 is 0 Å². The van der Waals surface area contributed by atoms with Crippen LogP contribution in [0, 0.1) is 6.92 Å². The van der Waals surface area contributed by atoms with Crippen molar-refractivity contribution >= 4 is 11.3 Å². The fourth-order valence-corrected chi connectivity index (χ4v) is 2.45. The largest absolute Gasteiger partial charge is 0.489 e. The Hall–Kier alpha value is -1.46. The zero-order valence-electron chi connectivity index (χ0n) is 11.5. The van der Waals surface area contributed by atoms with Crippen molar-refractivity contribution in [2.24, 2.45) is 5.73 Å². The molecule has 0 radical (unpaired) electrons. The van der Waals surface area contributed by atoms with Crippen LogP contribution in [0.1, 0.15) is 36.2 Å². The monoisotopic (exact) mass is 277 g/mol. The van der Waals surface area contributed by atoms with Crippen molar-refractivity contribution in [2.45, 2.75) is 39.3 Å². The van der Waals surface area contributed by atoms with Gasteiger partial charge in [0.15, 0.2) is 0 Å². The van der Waals surface area contributed by atoms with E-state index in [4.69, 9.17) is 10.5 Å². The van der Waals surface area contributed by atoms with Gasteiger partial charge in [-0.2, -0.15) is 0 Å². The van der Waals surface area contributed by atoms with Crippen molar-refractivity contribution in [3.63, 3.8) is 0 Å². The van der Waals surface area contributed by atoms with Crippen LogP contribution in [0.4, 0.5) is 0 Å². The Morgan fingerprint density at radius 1 is 1.37 bits per heavy atom. The molecule has 0 aliphatic rings. The van der Waals surface area contributed by atoms with E-state index in [-0.39, 0.29) is 12.1 Å². The number of ether oxygens (including phenoxy) is 1. The van der Waals surface area contributed by atoms with Gasteiger partial charge in [0.25, 0.3) is 0 Å². The van der Waals surface area contributed by atoms with Gasteiger partial charge in [0.05, 0.1) is 23.0 Å². The molecule has 0 bridgehead atoms. The van der Waals surface area contributed by atoms with E-state index < -0.39 is 0 Å². The van der Waals surface area contributed by atoms with Crippen LogP contribution in [-0.2, 0) is 6.42 Å². The minimum Gasteiger partial charge on any atom is -0.489 e. The summed E-state index contributed by atoms with van der Waals surface area (Å²) in [7, 11) is 0. The van der Waals surface area contributed by atoms with Crippen LogP contribution in [0.2, 0.25) is 0 Å². The maximum Gasteiger partial charge on any atom is 0.138 e. The molecular weight excluding hydrogens is 258 g/mol. The van der Waals surface area contributed by atoms with Gasteiger partial charge < -0.3 is 10.5 Å². The number of nitrogens with two attached hydrogens (primary N) is 1. The minimum absolute atomic E-state index is 0.107. The van der Waals surface area contributed by atoms with Gasteiger partial charge in [0, 0.05) is 24.0 Å². The van der Waals surface area contributed by atoms with Crippen LogP contribution in [0.25, 0.3) is 0 Å². The molecule has 1 unspecified atom stereocenters. The Balaban J connectivity index is 2.08. The van der Waals surface area contributed by atoms with Crippen molar-refractivity contribution < 1.29 is 4.74 Å². The molecule has 0 saturated heterocycles. The molecule has 102 valence electrons. The van der Waals surface area contributed by atoms with Crippen molar-refractivity contribution in [3.8, 4) is 5.75 Å². The van der Waals surface area contributed by atoms with E-state index in [0.717, 1.165) is 28.4 Å². The lowest BCUT2D eigenvalue weighted by Crippen LogP contribution is -2.14. The lowest BCUT2D eigenvalue weighted by molar-refractivity contribution is 0.241. The highest BCUT2D eigenvalue weighted by Gasteiger charge is 2.11. The highest BCUT2D eigenvalue weighted by atomic mass is 32.1. The molecule has 2 rings (SSSR count). The van der Waals surface area contributed by atoms with E-state index in [1.807, 2.05) is 26.8 Å². The van der Waals surface area contributed by atoms with Crippen molar-refractivity contribution in [1.29, 1.82) is 0 Å². The predicted molar refractivity (Wildman–Crippen MR) is 77.5 cm³/mol. The van der Waals surface area contributed by atoms with Gasteiger partial charge in [-0.25, -0.2) is 4.98 Å². The fraction of sp³-hybridized carbons (Fsp3) is 0.429. The zero-order chi connectivity index (χ0) is 13.8.